The summed E-state index contributed by atoms with van der Waals surface area (Å²) in [4.78, 5) is 13.3. The Morgan fingerprint density at radius 3 is 1.96 bits per heavy atom. The lowest BCUT2D eigenvalue weighted by molar-refractivity contribution is 0.100. The number of halogens is 1. The Hall–Kier alpha value is -0.940. The van der Waals surface area contributed by atoms with E-state index >= 15 is 0 Å². The number of carbonyl (C=O) groups is 1. The Labute approximate surface area is 178 Å². The van der Waals surface area contributed by atoms with Crippen molar-refractivity contribution in [1.82, 2.24) is 9.34 Å². The average Bonchev–Trinajstić information content (AvgIpc) is 2.70. The molecular weight excluding hydrogens is 437 g/mol. The van der Waals surface area contributed by atoms with Crippen LogP contribution < -0.4 is 0 Å². The van der Waals surface area contributed by atoms with Crippen LogP contribution in [0, 0.1) is 0 Å². The van der Waals surface area contributed by atoms with Gasteiger partial charge >= 0.3 is 0 Å². The van der Waals surface area contributed by atoms with Gasteiger partial charge in [0.15, 0.2) is 0 Å². The van der Waals surface area contributed by atoms with Crippen LogP contribution in [0.5, 0.6) is 0 Å². The average molecular weight is 470 g/mol. The van der Waals surface area contributed by atoms with Gasteiger partial charge in [0.05, 0.1) is 5.76 Å². The molecule has 0 fully saturated rings. The Morgan fingerprint density at radius 1 is 1.00 bits per heavy atom. The monoisotopic (exact) mass is 469 g/mol. The molecule has 7 heteroatoms. The second kappa shape index (κ2) is 10.7. The van der Waals surface area contributed by atoms with E-state index in [0.717, 1.165) is 55.2 Å². The molecule has 5 nitrogen and oxygen atoms in total. The van der Waals surface area contributed by atoms with Gasteiger partial charge in [0.1, 0.15) is 7.36 Å². The van der Waals surface area contributed by atoms with Gasteiger partial charge in [-0.3, -0.25) is 14.1 Å². The molecule has 156 valence electrons. The zero-order valence-electron chi connectivity index (χ0n) is 17.5. The lowest BCUT2D eigenvalue weighted by Crippen LogP contribution is -2.34. The van der Waals surface area contributed by atoms with Crippen molar-refractivity contribution in [2.24, 2.45) is 4.74 Å². The maximum absolute atomic E-state index is 13.3. The van der Waals surface area contributed by atoms with Crippen molar-refractivity contribution < 1.29 is 9.90 Å². The fourth-order valence-corrected chi connectivity index (χ4v) is 8.46. The fourth-order valence-electron chi connectivity index (χ4n) is 3.92. The summed E-state index contributed by atoms with van der Waals surface area (Å²) in [5, 5.41) is 11.9. The van der Waals surface area contributed by atoms with Crippen molar-refractivity contribution in [3.8, 4) is 0 Å². The molecule has 0 radical (unpaired) electrons. The van der Waals surface area contributed by atoms with Gasteiger partial charge in [-0.1, -0.05) is 43.6 Å². The Morgan fingerprint density at radius 2 is 1.50 bits per heavy atom. The van der Waals surface area contributed by atoms with Crippen LogP contribution in [0.2, 0.25) is 0 Å². The number of hydrogen-bond donors (Lipinski definition) is 1. The zero-order chi connectivity index (χ0) is 20.7. The number of allylic oxidation sites excluding steroid dienone is 2. The molecule has 0 saturated heterocycles. The van der Waals surface area contributed by atoms with Gasteiger partial charge in [-0.2, -0.15) is 4.74 Å². The van der Waals surface area contributed by atoms with E-state index in [1.165, 1.54) is 0 Å². The van der Waals surface area contributed by atoms with Gasteiger partial charge < -0.3 is 5.11 Å². The molecule has 0 heterocycles. The molecule has 1 N–H and O–H groups in total. The number of carbonyl (C=O) groups excluding carboxylic acids is 1. The number of hydrogen-bond acceptors (Lipinski definition) is 2. The van der Waals surface area contributed by atoms with Crippen LogP contribution in [0.1, 0.15) is 63.7 Å². The van der Waals surface area contributed by atoms with Crippen molar-refractivity contribution in [1.29, 1.82) is 0 Å². The molecule has 0 atom stereocenters. The van der Waals surface area contributed by atoms with Crippen LogP contribution in [-0.2, 0) is 0 Å². The summed E-state index contributed by atoms with van der Waals surface area (Å²) >= 11 is 3.43. The molecule has 1 amide bonds. The summed E-state index contributed by atoms with van der Waals surface area (Å²) < 4.78 is 10.5. The van der Waals surface area contributed by atoms with Gasteiger partial charge in [-0.05, 0) is 43.5 Å². The predicted octanol–water partition coefficient (Wildman–Crippen LogP) is 6.65. The molecule has 1 aliphatic rings. The number of nitrogens with zero attached hydrogens (tertiary/aromatic N) is 3. The Balaban J connectivity index is 2.77. The van der Waals surface area contributed by atoms with Gasteiger partial charge in [0.2, 0.25) is 0 Å². The quantitative estimate of drug-likeness (QED) is 0.433. The third-order valence-corrected chi connectivity index (χ3v) is 10.2. The van der Waals surface area contributed by atoms with E-state index in [9.17, 15) is 9.90 Å². The summed E-state index contributed by atoms with van der Waals surface area (Å²) in [6.07, 6.45) is 3.52. The summed E-state index contributed by atoms with van der Waals surface area (Å²) in [5.74, 6) is 0.247. The van der Waals surface area contributed by atoms with Crippen LogP contribution in [-0.4, -0.2) is 46.5 Å². The molecule has 2 rings (SSSR count). The minimum Gasteiger partial charge on any atom is -0.512 e. The molecule has 0 unspecified atom stereocenters. The van der Waals surface area contributed by atoms with E-state index in [2.05, 4.69) is 53.0 Å². The van der Waals surface area contributed by atoms with Gasteiger partial charge in [-0.15, -0.1) is 0 Å². The first-order chi connectivity index (χ1) is 13.4. The Bertz CT molecular complexity index is 737. The van der Waals surface area contributed by atoms with Crippen molar-refractivity contribution in [3.63, 3.8) is 0 Å². The third kappa shape index (κ3) is 4.79. The first-order valence-corrected chi connectivity index (χ1v) is 12.7. The number of aliphatic hydroxyl groups excluding tert-OH is 1. The van der Waals surface area contributed by atoms with Gasteiger partial charge in [0, 0.05) is 48.0 Å². The van der Waals surface area contributed by atoms with Crippen molar-refractivity contribution in [2.75, 3.05) is 26.2 Å². The molecule has 0 spiro atoms. The third-order valence-electron chi connectivity index (χ3n) is 5.34. The molecule has 1 aromatic rings. The maximum Gasteiger partial charge on any atom is 0.278 e. The van der Waals surface area contributed by atoms with Crippen LogP contribution in [0.15, 0.2) is 44.6 Å². The van der Waals surface area contributed by atoms with E-state index in [-0.39, 0.29) is 5.91 Å². The topological polar surface area (TPSA) is 56.1 Å². The van der Waals surface area contributed by atoms with Crippen LogP contribution in [0.4, 0.5) is 0 Å². The highest BCUT2D eigenvalue weighted by atomic mass is 79.9. The number of benzene rings is 1. The smallest absolute Gasteiger partial charge is 0.278 e. The highest BCUT2D eigenvalue weighted by Crippen LogP contribution is 2.66. The zero-order valence-corrected chi connectivity index (χ0v) is 20.0. The van der Waals surface area contributed by atoms with Crippen molar-refractivity contribution in [3.05, 3.63) is 45.4 Å². The summed E-state index contributed by atoms with van der Waals surface area (Å²) in [7, 11) is -2.52. The lowest BCUT2D eigenvalue weighted by atomic mass is 10.1. The fraction of sp³-hybridized carbons (Fsp3) is 0.571. The minimum absolute atomic E-state index is 0.203. The second-order valence-corrected chi connectivity index (χ2v) is 10.8. The molecule has 0 aliphatic heterocycles. The molecule has 1 aromatic carbocycles. The predicted molar refractivity (Wildman–Crippen MR) is 122 cm³/mol. The Kier molecular flexibility index (Phi) is 8.94. The number of amides is 1. The first-order valence-electron chi connectivity index (χ1n) is 10.3. The molecular formula is C21H33BrN3O2P. The first kappa shape index (κ1) is 23.3. The highest BCUT2D eigenvalue weighted by Gasteiger charge is 2.39. The molecule has 0 bridgehead atoms. The van der Waals surface area contributed by atoms with Gasteiger partial charge in [0.25, 0.3) is 5.91 Å². The van der Waals surface area contributed by atoms with E-state index in [1.807, 2.05) is 24.3 Å². The summed E-state index contributed by atoms with van der Waals surface area (Å²) in [6.45, 7) is 11.6. The number of rotatable bonds is 8. The summed E-state index contributed by atoms with van der Waals surface area (Å²) in [5.41, 5.74) is 0.586. The van der Waals surface area contributed by atoms with Crippen LogP contribution in [0.25, 0.3) is 0 Å². The standard InChI is InChI=1S/C21H33BrN3O2P/c1-5-24(6-2)28(25(7-3)8-4,20-12-10-9-11-19(20)26)23-21(27)17-13-15-18(22)16-14-17/h13-16,26H,5-12H2,1-4H3. The van der Waals surface area contributed by atoms with E-state index in [1.54, 1.807) is 0 Å². The molecule has 28 heavy (non-hydrogen) atoms. The molecule has 0 saturated carbocycles. The van der Waals surface area contributed by atoms with Crippen LogP contribution >= 0.6 is 23.3 Å². The van der Waals surface area contributed by atoms with E-state index in [0.29, 0.717) is 17.7 Å². The highest BCUT2D eigenvalue weighted by molar-refractivity contribution is 9.10. The maximum atomic E-state index is 13.3. The minimum atomic E-state index is -2.52. The molecule has 1 aliphatic carbocycles. The van der Waals surface area contributed by atoms with Crippen molar-refractivity contribution in [2.45, 2.75) is 53.4 Å². The molecule has 0 aromatic heterocycles. The SMILES string of the molecule is CCN(CC)P(=NC(=O)c1ccc(Br)cc1)(C1=C(O)CCCC1)N(CC)CC. The van der Waals surface area contributed by atoms with E-state index < -0.39 is 7.36 Å². The second-order valence-electron chi connectivity index (χ2n) is 6.86. The largest absolute Gasteiger partial charge is 0.512 e. The summed E-state index contributed by atoms with van der Waals surface area (Å²) in [6, 6.07) is 7.36. The normalized spacial score (nSPS) is 15.4. The van der Waals surface area contributed by atoms with Crippen LogP contribution in [0.3, 0.4) is 0 Å². The van der Waals surface area contributed by atoms with Crippen molar-refractivity contribution >= 4 is 29.2 Å². The van der Waals surface area contributed by atoms with E-state index in [4.69, 9.17) is 4.74 Å². The number of aliphatic hydroxyl groups is 1. The lowest BCUT2D eigenvalue weighted by Gasteiger charge is -2.45. The van der Waals surface area contributed by atoms with Gasteiger partial charge in [-0.25, -0.2) is 0 Å².